The smallest absolute Gasteiger partial charge is 0.462 e. The van der Waals surface area contributed by atoms with E-state index in [2.05, 4.69) is 55.4 Å². The summed E-state index contributed by atoms with van der Waals surface area (Å²) in [7, 11) is -9.89. The molecule has 17 nitrogen and oxygen atoms in total. The fourth-order valence-electron chi connectivity index (χ4n) is 9.61. The van der Waals surface area contributed by atoms with E-state index in [-0.39, 0.29) is 25.7 Å². The highest BCUT2D eigenvalue weighted by molar-refractivity contribution is 7.47. The minimum absolute atomic E-state index is 0.102. The number of carbonyl (C=O) groups is 4. The number of aliphatic hydroxyl groups is 1. The van der Waals surface area contributed by atoms with Crippen molar-refractivity contribution in [3.05, 3.63) is 0 Å². The third-order valence-corrected chi connectivity index (χ3v) is 16.7. The third-order valence-electron chi connectivity index (χ3n) is 14.8. The maximum atomic E-state index is 13.0. The first-order valence-corrected chi connectivity index (χ1v) is 36.7. The second-order valence-electron chi connectivity index (χ2n) is 25.4. The Morgan fingerprint density at radius 2 is 0.500 bits per heavy atom. The lowest BCUT2D eigenvalue weighted by Crippen LogP contribution is -2.30. The van der Waals surface area contributed by atoms with Crippen molar-refractivity contribution in [3.63, 3.8) is 0 Å². The van der Waals surface area contributed by atoms with E-state index in [1.165, 1.54) is 103 Å². The number of carbonyl (C=O) groups excluding carboxylic acids is 4. The molecule has 5 atom stereocenters. The molecule has 0 aliphatic rings. The highest BCUT2D eigenvalue weighted by Gasteiger charge is 2.30. The van der Waals surface area contributed by atoms with Gasteiger partial charge in [0.1, 0.15) is 19.3 Å². The maximum Gasteiger partial charge on any atom is 0.472 e. The van der Waals surface area contributed by atoms with Crippen molar-refractivity contribution in [1.82, 2.24) is 0 Å². The van der Waals surface area contributed by atoms with Gasteiger partial charge in [0.2, 0.25) is 0 Å². The standard InChI is InChI=1S/C65H126O17P2/c1-55(2)41-33-25-17-14-12-10-9-11-13-15-19-31-39-47-64(69)81-60(51-75-62(67)45-37-29-23-21-27-35-43-57(5)6)53-79-83(71,72)77-49-59(66)50-78-84(73,74)80-54-61(52-76-63(68)46-38-30-24-22-28-36-44-58(7)8)82-65(70)48-40-32-20-16-18-26-34-42-56(3)4/h55-61,66H,9-54H2,1-8H3,(H,71,72)(H,73,74)/t59-,60+,61+/m0/s1. The highest BCUT2D eigenvalue weighted by Crippen LogP contribution is 2.45. The zero-order valence-corrected chi connectivity index (χ0v) is 56.3. The lowest BCUT2D eigenvalue weighted by molar-refractivity contribution is -0.161. The van der Waals surface area contributed by atoms with E-state index in [9.17, 15) is 43.2 Å². The molecule has 0 radical (unpaired) electrons. The van der Waals surface area contributed by atoms with Crippen LogP contribution in [-0.4, -0.2) is 96.7 Å². The van der Waals surface area contributed by atoms with Crippen LogP contribution < -0.4 is 0 Å². The molecule has 0 aliphatic heterocycles. The Morgan fingerprint density at radius 3 is 0.738 bits per heavy atom. The minimum atomic E-state index is -4.95. The van der Waals surface area contributed by atoms with Crippen LogP contribution in [0, 0.1) is 23.7 Å². The predicted octanol–water partition coefficient (Wildman–Crippen LogP) is 17.8. The highest BCUT2D eigenvalue weighted by atomic mass is 31.2. The van der Waals surface area contributed by atoms with Crippen molar-refractivity contribution in [1.29, 1.82) is 0 Å². The summed E-state index contributed by atoms with van der Waals surface area (Å²) >= 11 is 0. The summed E-state index contributed by atoms with van der Waals surface area (Å²) < 4.78 is 68.0. The number of aliphatic hydroxyl groups excluding tert-OH is 1. The number of rotatable bonds is 62. The topological polar surface area (TPSA) is 237 Å². The molecule has 0 bridgehead atoms. The first-order chi connectivity index (χ1) is 40.1. The maximum absolute atomic E-state index is 13.0. The molecule has 0 rings (SSSR count). The number of hydrogen-bond donors (Lipinski definition) is 3. The molecule has 0 aromatic carbocycles. The Bertz CT molecular complexity index is 1680. The Kier molecular flexibility index (Phi) is 53.9. The molecule has 2 unspecified atom stereocenters. The second-order valence-corrected chi connectivity index (χ2v) is 28.3. The summed E-state index contributed by atoms with van der Waals surface area (Å²) in [6, 6.07) is 0. The Morgan fingerprint density at radius 1 is 0.298 bits per heavy atom. The normalized spacial score (nSPS) is 14.4. The van der Waals surface area contributed by atoms with Gasteiger partial charge in [-0.05, 0) is 49.4 Å². The SMILES string of the molecule is CC(C)CCCCCCCCCCCCCCCC(=O)O[C@H](COC(=O)CCCCCCCCC(C)C)COP(=O)(O)OC[C@H](O)COP(=O)(O)OC[C@@H](COC(=O)CCCCCCCCC(C)C)OC(=O)CCCCCCCCCC(C)C. The van der Waals surface area contributed by atoms with Crippen LogP contribution in [0.5, 0.6) is 0 Å². The fourth-order valence-corrected chi connectivity index (χ4v) is 11.2. The Balaban J connectivity index is 5.21. The van der Waals surface area contributed by atoms with E-state index in [0.29, 0.717) is 43.4 Å². The number of ether oxygens (including phenoxy) is 4. The molecule has 0 aliphatic carbocycles. The second kappa shape index (κ2) is 55.2. The van der Waals surface area contributed by atoms with E-state index in [1.807, 2.05) is 0 Å². The molecule has 84 heavy (non-hydrogen) atoms. The number of phosphoric ester groups is 2. The molecule has 0 saturated heterocycles. The zero-order valence-electron chi connectivity index (χ0n) is 54.5. The summed E-state index contributed by atoms with van der Waals surface area (Å²) in [5.74, 6) is 0.699. The van der Waals surface area contributed by atoms with Gasteiger partial charge in [0, 0.05) is 25.7 Å². The molecule has 0 amide bonds. The number of phosphoric acid groups is 2. The van der Waals surface area contributed by atoms with Crippen LogP contribution in [0.4, 0.5) is 0 Å². The molecule has 0 aromatic rings. The van der Waals surface area contributed by atoms with E-state index in [1.54, 1.807) is 0 Å². The zero-order chi connectivity index (χ0) is 62.5. The lowest BCUT2D eigenvalue weighted by atomic mass is 10.0. The van der Waals surface area contributed by atoms with Crippen molar-refractivity contribution in [2.75, 3.05) is 39.6 Å². The van der Waals surface area contributed by atoms with Crippen LogP contribution in [0.15, 0.2) is 0 Å². The van der Waals surface area contributed by atoms with Crippen LogP contribution in [0.3, 0.4) is 0 Å². The molecule has 3 N–H and O–H groups in total. The molecule has 498 valence electrons. The number of esters is 4. The van der Waals surface area contributed by atoms with Crippen molar-refractivity contribution >= 4 is 39.5 Å². The van der Waals surface area contributed by atoms with E-state index < -0.39 is 97.5 Å². The average molecular weight is 1240 g/mol. The van der Waals surface area contributed by atoms with Crippen molar-refractivity contribution < 1.29 is 80.2 Å². The lowest BCUT2D eigenvalue weighted by Gasteiger charge is -2.21. The van der Waals surface area contributed by atoms with Gasteiger partial charge in [0.15, 0.2) is 12.2 Å². The quantitative estimate of drug-likeness (QED) is 0.0222. The molecule has 0 spiro atoms. The summed E-state index contributed by atoms with van der Waals surface area (Å²) in [5, 5.41) is 10.5. The molecule has 0 saturated carbocycles. The summed E-state index contributed by atoms with van der Waals surface area (Å²) in [6.45, 7) is 13.9. The minimum Gasteiger partial charge on any atom is -0.462 e. The largest absolute Gasteiger partial charge is 0.472 e. The Hall–Kier alpha value is -1.94. The van der Waals surface area contributed by atoms with Gasteiger partial charge in [0.25, 0.3) is 0 Å². The average Bonchev–Trinajstić information content (AvgIpc) is 3.44. The summed E-state index contributed by atoms with van der Waals surface area (Å²) in [5.41, 5.74) is 0. The monoisotopic (exact) mass is 1240 g/mol. The van der Waals surface area contributed by atoms with Gasteiger partial charge in [-0.2, -0.15) is 0 Å². The van der Waals surface area contributed by atoms with Crippen LogP contribution in [-0.2, 0) is 65.4 Å². The molecule has 0 heterocycles. The van der Waals surface area contributed by atoms with Gasteiger partial charge in [-0.25, -0.2) is 9.13 Å². The van der Waals surface area contributed by atoms with E-state index in [0.717, 1.165) is 109 Å². The molecule has 19 heteroatoms. The van der Waals surface area contributed by atoms with Gasteiger partial charge >= 0.3 is 39.5 Å². The fraction of sp³-hybridized carbons (Fsp3) is 0.938. The number of hydrogen-bond acceptors (Lipinski definition) is 15. The summed E-state index contributed by atoms with van der Waals surface area (Å²) in [4.78, 5) is 72.2. The van der Waals surface area contributed by atoms with Gasteiger partial charge in [-0.1, -0.05) is 261 Å². The van der Waals surface area contributed by atoms with Gasteiger partial charge in [-0.3, -0.25) is 37.3 Å². The van der Waals surface area contributed by atoms with E-state index >= 15 is 0 Å². The molecule has 0 fully saturated rings. The van der Waals surface area contributed by atoms with E-state index in [4.69, 9.17) is 37.0 Å². The Labute approximate surface area is 511 Å². The van der Waals surface area contributed by atoms with Crippen LogP contribution in [0.2, 0.25) is 0 Å². The van der Waals surface area contributed by atoms with Gasteiger partial charge < -0.3 is 33.8 Å². The number of unbranched alkanes of at least 4 members (excludes halogenated alkanes) is 28. The van der Waals surface area contributed by atoms with Crippen LogP contribution >= 0.6 is 15.6 Å². The van der Waals surface area contributed by atoms with Gasteiger partial charge in [-0.15, -0.1) is 0 Å². The molecular weight excluding hydrogens is 1110 g/mol. The van der Waals surface area contributed by atoms with Crippen molar-refractivity contribution in [3.8, 4) is 0 Å². The first kappa shape index (κ1) is 82.1. The summed E-state index contributed by atoms with van der Waals surface area (Å²) in [6.07, 6.45) is 35.2. The van der Waals surface area contributed by atoms with Crippen molar-refractivity contribution in [2.24, 2.45) is 23.7 Å². The third kappa shape index (κ3) is 59.0. The predicted molar refractivity (Wildman–Crippen MR) is 335 cm³/mol. The molecular formula is C65H126O17P2. The first-order valence-electron chi connectivity index (χ1n) is 33.7. The van der Waals surface area contributed by atoms with Gasteiger partial charge in [0.05, 0.1) is 26.4 Å². The van der Waals surface area contributed by atoms with Crippen LogP contribution in [0.1, 0.15) is 312 Å². The van der Waals surface area contributed by atoms with Crippen LogP contribution in [0.25, 0.3) is 0 Å². The molecule has 0 aromatic heterocycles. The van der Waals surface area contributed by atoms with Crippen molar-refractivity contribution in [2.45, 2.75) is 331 Å².